The summed E-state index contributed by atoms with van der Waals surface area (Å²) >= 11 is 0. The van der Waals surface area contributed by atoms with Gasteiger partial charge in [0.1, 0.15) is 23.4 Å². The van der Waals surface area contributed by atoms with Crippen LogP contribution in [0.2, 0.25) is 0 Å². The SMILES string of the molecule is CN=C(NCc1cc(OC)ccc1O)NCC(C)Oc1cccc(C)c1. The van der Waals surface area contributed by atoms with Crippen LogP contribution < -0.4 is 20.1 Å². The zero-order valence-electron chi connectivity index (χ0n) is 15.7. The first-order chi connectivity index (χ1) is 12.5. The van der Waals surface area contributed by atoms with Crippen LogP contribution in [-0.4, -0.2) is 37.9 Å². The van der Waals surface area contributed by atoms with Crippen LogP contribution in [-0.2, 0) is 6.54 Å². The Morgan fingerprint density at radius 3 is 2.65 bits per heavy atom. The molecule has 0 aromatic heterocycles. The first-order valence-electron chi connectivity index (χ1n) is 8.55. The van der Waals surface area contributed by atoms with E-state index in [1.54, 1.807) is 32.4 Å². The summed E-state index contributed by atoms with van der Waals surface area (Å²) < 4.78 is 11.1. The highest BCUT2D eigenvalue weighted by Gasteiger charge is 2.08. The maximum atomic E-state index is 9.94. The standard InChI is InChI=1S/C20H27N3O3/c1-14-6-5-7-18(10-14)26-15(2)12-22-20(21-3)23-13-16-11-17(25-4)8-9-19(16)24/h5-11,15,24H,12-13H2,1-4H3,(H2,21,22,23). The van der Waals surface area contributed by atoms with Crippen molar-refractivity contribution >= 4 is 5.96 Å². The van der Waals surface area contributed by atoms with Gasteiger partial charge < -0.3 is 25.2 Å². The molecule has 1 unspecified atom stereocenters. The lowest BCUT2D eigenvalue weighted by molar-refractivity contribution is 0.223. The zero-order chi connectivity index (χ0) is 18.9. The molecule has 0 amide bonds. The van der Waals surface area contributed by atoms with Crippen molar-refractivity contribution in [1.82, 2.24) is 10.6 Å². The number of benzene rings is 2. The van der Waals surface area contributed by atoms with Crippen LogP contribution in [0.25, 0.3) is 0 Å². The van der Waals surface area contributed by atoms with Crippen molar-refractivity contribution in [3.8, 4) is 17.2 Å². The van der Waals surface area contributed by atoms with Gasteiger partial charge in [0.25, 0.3) is 0 Å². The number of aliphatic imine (C=N–C) groups is 1. The second kappa shape index (κ2) is 9.56. The fourth-order valence-electron chi connectivity index (χ4n) is 2.43. The second-order valence-corrected chi connectivity index (χ2v) is 6.05. The zero-order valence-corrected chi connectivity index (χ0v) is 15.7. The van der Waals surface area contributed by atoms with Crippen LogP contribution in [0.15, 0.2) is 47.5 Å². The van der Waals surface area contributed by atoms with E-state index in [1.807, 2.05) is 38.1 Å². The van der Waals surface area contributed by atoms with Gasteiger partial charge in [-0.25, -0.2) is 0 Å². The number of hydrogen-bond acceptors (Lipinski definition) is 4. The maximum Gasteiger partial charge on any atom is 0.191 e. The molecule has 0 spiro atoms. The molecule has 140 valence electrons. The van der Waals surface area contributed by atoms with E-state index in [9.17, 15) is 5.11 Å². The Balaban J connectivity index is 1.84. The van der Waals surface area contributed by atoms with Crippen molar-refractivity contribution in [3.05, 3.63) is 53.6 Å². The minimum absolute atomic E-state index is 0.0272. The van der Waals surface area contributed by atoms with Crippen molar-refractivity contribution in [1.29, 1.82) is 0 Å². The van der Waals surface area contributed by atoms with Crippen LogP contribution in [0.4, 0.5) is 0 Å². The van der Waals surface area contributed by atoms with Crippen LogP contribution in [0.1, 0.15) is 18.1 Å². The molecule has 0 bridgehead atoms. The number of ether oxygens (including phenoxy) is 2. The average molecular weight is 357 g/mol. The molecule has 0 fully saturated rings. The lowest BCUT2D eigenvalue weighted by Gasteiger charge is -2.18. The molecule has 0 radical (unpaired) electrons. The molecule has 0 aliphatic heterocycles. The highest BCUT2D eigenvalue weighted by molar-refractivity contribution is 5.79. The third-order valence-electron chi connectivity index (χ3n) is 3.84. The predicted molar refractivity (Wildman–Crippen MR) is 104 cm³/mol. The summed E-state index contributed by atoms with van der Waals surface area (Å²) in [7, 11) is 3.30. The summed E-state index contributed by atoms with van der Waals surface area (Å²) in [4.78, 5) is 4.19. The van der Waals surface area contributed by atoms with E-state index in [-0.39, 0.29) is 11.9 Å². The van der Waals surface area contributed by atoms with Crippen molar-refractivity contribution in [3.63, 3.8) is 0 Å². The lowest BCUT2D eigenvalue weighted by Crippen LogP contribution is -2.41. The van der Waals surface area contributed by atoms with Gasteiger partial charge in [-0.05, 0) is 49.7 Å². The third kappa shape index (κ3) is 5.88. The Hall–Kier alpha value is -2.89. The molecular weight excluding hydrogens is 330 g/mol. The van der Waals surface area contributed by atoms with E-state index >= 15 is 0 Å². The van der Waals surface area contributed by atoms with Gasteiger partial charge in [-0.2, -0.15) is 0 Å². The number of rotatable bonds is 7. The molecule has 0 saturated heterocycles. The molecule has 2 aromatic carbocycles. The topological polar surface area (TPSA) is 75.1 Å². The largest absolute Gasteiger partial charge is 0.508 e. The van der Waals surface area contributed by atoms with Gasteiger partial charge >= 0.3 is 0 Å². The minimum atomic E-state index is -0.0272. The molecule has 6 nitrogen and oxygen atoms in total. The molecule has 0 saturated carbocycles. The Morgan fingerprint density at radius 2 is 1.96 bits per heavy atom. The molecule has 2 aromatic rings. The summed E-state index contributed by atoms with van der Waals surface area (Å²) in [6, 6.07) is 13.1. The van der Waals surface area contributed by atoms with Crippen molar-refractivity contribution in [2.24, 2.45) is 4.99 Å². The number of nitrogens with zero attached hydrogens (tertiary/aromatic N) is 1. The van der Waals surface area contributed by atoms with Crippen molar-refractivity contribution in [2.45, 2.75) is 26.5 Å². The first-order valence-corrected chi connectivity index (χ1v) is 8.55. The van der Waals surface area contributed by atoms with Crippen molar-refractivity contribution < 1.29 is 14.6 Å². The number of phenolic OH excluding ortho intramolecular Hbond substituents is 1. The molecule has 1 atom stereocenters. The first kappa shape index (κ1) is 19.4. The Morgan fingerprint density at radius 1 is 1.15 bits per heavy atom. The van der Waals surface area contributed by atoms with Crippen LogP contribution in [0.3, 0.4) is 0 Å². The quantitative estimate of drug-likeness (QED) is 0.525. The molecule has 6 heteroatoms. The maximum absolute atomic E-state index is 9.94. The Kier molecular flexibility index (Phi) is 7.14. The molecule has 3 N–H and O–H groups in total. The fraction of sp³-hybridized carbons (Fsp3) is 0.350. The molecule has 26 heavy (non-hydrogen) atoms. The van der Waals surface area contributed by atoms with Gasteiger partial charge in [0.15, 0.2) is 5.96 Å². The number of guanidine groups is 1. The highest BCUT2D eigenvalue weighted by Crippen LogP contribution is 2.22. The molecule has 0 heterocycles. The van der Waals surface area contributed by atoms with Crippen LogP contribution in [0, 0.1) is 6.92 Å². The summed E-state index contributed by atoms with van der Waals surface area (Å²) in [6.45, 7) is 5.06. The Labute approximate surface area is 154 Å². The minimum Gasteiger partial charge on any atom is -0.508 e. The lowest BCUT2D eigenvalue weighted by atomic mass is 10.2. The molecule has 0 aliphatic carbocycles. The normalized spacial score (nSPS) is 12.4. The van der Waals surface area contributed by atoms with E-state index in [2.05, 4.69) is 15.6 Å². The summed E-state index contributed by atoms with van der Waals surface area (Å²) in [5.74, 6) is 2.39. The van der Waals surface area contributed by atoms with Gasteiger partial charge in [-0.15, -0.1) is 0 Å². The molecule has 2 rings (SSSR count). The van der Waals surface area contributed by atoms with Gasteiger partial charge in [0, 0.05) is 19.2 Å². The molecular formula is C20H27N3O3. The summed E-state index contributed by atoms with van der Waals surface area (Å²) in [5.41, 5.74) is 1.90. The van der Waals surface area contributed by atoms with Crippen molar-refractivity contribution in [2.75, 3.05) is 20.7 Å². The van der Waals surface area contributed by atoms with Gasteiger partial charge in [0.05, 0.1) is 13.7 Å². The summed E-state index contributed by atoms with van der Waals surface area (Å²) in [6.07, 6.45) is -0.0272. The smallest absolute Gasteiger partial charge is 0.191 e. The van der Waals surface area contributed by atoms with E-state index in [0.29, 0.717) is 24.8 Å². The highest BCUT2D eigenvalue weighted by atomic mass is 16.5. The second-order valence-electron chi connectivity index (χ2n) is 6.05. The summed E-state index contributed by atoms with van der Waals surface area (Å²) in [5, 5.41) is 16.3. The number of nitrogens with one attached hydrogen (secondary N) is 2. The third-order valence-corrected chi connectivity index (χ3v) is 3.84. The van der Waals surface area contributed by atoms with Gasteiger partial charge in [-0.1, -0.05) is 12.1 Å². The van der Waals surface area contributed by atoms with E-state index in [4.69, 9.17) is 9.47 Å². The number of aromatic hydroxyl groups is 1. The van der Waals surface area contributed by atoms with E-state index in [1.165, 1.54) is 5.56 Å². The van der Waals surface area contributed by atoms with Crippen LogP contribution >= 0.6 is 0 Å². The number of phenols is 1. The van der Waals surface area contributed by atoms with Gasteiger partial charge in [-0.3, -0.25) is 4.99 Å². The van der Waals surface area contributed by atoms with E-state index < -0.39 is 0 Å². The average Bonchev–Trinajstić information content (AvgIpc) is 2.63. The number of aryl methyl sites for hydroxylation is 1. The molecule has 0 aliphatic rings. The van der Waals surface area contributed by atoms with Gasteiger partial charge in [0.2, 0.25) is 0 Å². The Bertz CT molecular complexity index is 747. The van der Waals surface area contributed by atoms with E-state index in [0.717, 1.165) is 11.3 Å². The number of methoxy groups -OCH3 is 1. The van der Waals surface area contributed by atoms with Crippen LogP contribution in [0.5, 0.6) is 17.2 Å². The monoisotopic (exact) mass is 357 g/mol. The number of hydrogen-bond donors (Lipinski definition) is 3. The predicted octanol–water partition coefficient (Wildman–Crippen LogP) is 2.84. The fourth-order valence-corrected chi connectivity index (χ4v) is 2.43.